The van der Waals surface area contributed by atoms with Gasteiger partial charge in [-0.1, -0.05) is 35.3 Å². The number of carbonyl (C=O) groups is 3. The minimum Gasteiger partial charge on any atom is -0.481 e. The van der Waals surface area contributed by atoms with Crippen LogP contribution in [0, 0.1) is 6.92 Å². The van der Waals surface area contributed by atoms with Crippen molar-refractivity contribution >= 4 is 46.7 Å². The first-order valence-electron chi connectivity index (χ1n) is 6.99. The highest BCUT2D eigenvalue weighted by atomic mass is 35.5. The summed E-state index contributed by atoms with van der Waals surface area (Å²) in [5.41, 5.74) is 1.74. The predicted octanol–water partition coefficient (Wildman–Crippen LogP) is 3.73. The summed E-state index contributed by atoms with van der Waals surface area (Å²) in [6.07, 6.45) is -0.201. The SMILES string of the molecule is Cc1ccc(Cl)c2c1C(=O)N(c1ccc(CC(=O)O)cc1Cl)C2=O. The van der Waals surface area contributed by atoms with Crippen LogP contribution in [0.25, 0.3) is 0 Å². The molecular weight excluding hydrogens is 353 g/mol. The molecule has 0 unspecified atom stereocenters. The van der Waals surface area contributed by atoms with Crippen LogP contribution < -0.4 is 4.90 Å². The molecule has 1 N–H and O–H groups in total. The van der Waals surface area contributed by atoms with Crippen LogP contribution in [0.5, 0.6) is 0 Å². The Morgan fingerprint density at radius 2 is 1.71 bits per heavy atom. The van der Waals surface area contributed by atoms with E-state index in [9.17, 15) is 14.4 Å². The Hall–Kier alpha value is -2.37. The number of fused-ring (bicyclic) bond motifs is 1. The Labute approximate surface area is 147 Å². The van der Waals surface area contributed by atoms with E-state index in [1.807, 2.05) is 0 Å². The number of imide groups is 1. The van der Waals surface area contributed by atoms with E-state index in [4.69, 9.17) is 28.3 Å². The van der Waals surface area contributed by atoms with Gasteiger partial charge in [0.05, 0.1) is 33.3 Å². The second-order valence-electron chi connectivity index (χ2n) is 5.42. The molecule has 0 radical (unpaired) electrons. The fourth-order valence-corrected chi connectivity index (χ4v) is 3.24. The van der Waals surface area contributed by atoms with Gasteiger partial charge in [0.25, 0.3) is 11.8 Å². The fraction of sp³-hybridized carbons (Fsp3) is 0.118. The summed E-state index contributed by atoms with van der Waals surface area (Å²) in [7, 11) is 0. The molecule has 2 amide bonds. The molecule has 3 rings (SSSR count). The molecule has 0 fully saturated rings. The molecule has 7 heteroatoms. The lowest BCUT2D eigenvalue weighted by atomic mass is 10.0. The summed E-state index contributed by atoms with van der Waals surface area (Å²) in [6, 6.07) is 7.66. The third-order valence-electron chi connectivity index (χ3n) is 3.81. The molecule has 1 aliphatic rings. The third-order valence-corrected chi connectivity index (χ3v) is 4.42. The molecule has 0 saturated heterocycles. The lowest BCUT2D eigenvalue weighted by Crippen LogP contribution is -2.29. The zero-order valence-electron chi connectivity index (χ0n) is 12.5. The Kier molecular flexibility index (Phi) is 4.07. The largest absolute Gasteiger partial charge is 0.481 e. The highest BCUT2D eigenvalue weighted by Gasteiger charge is 2.40. The number of aryl methyl sites for hydroxylation is 1. The summed E-state index contributed by atoms with van der Waals surface area (Å²) in [5.74, 6) is -2.04. The Bertz CT molecular complexity index is 867. The van der Waals surface area contributed by atoms with Crippen LogP contribution in [0.3, 0.4) is 0 Å². The van der Waals surface area contributed by atoms with Gasteiger partial charge in [-0.25, -0.2) is 4.90 Å². The highest BCUT2D eigenvalue weighted by Crippen LogP contribution is 2.37. The Morgan fingerprint density at radius 3 is 2.29 bits per heavy atom. The standard InChI is InChI=1S/C17H11Cl2NO4/c1-8-2-4-10(18)15-14(8)16(23)20(17(15)24)12-5-3-9(6-11(12)19)7-13(21)22/h2-6H,7H2,1H3,(H,21,22). The maximum Gasteiger partial charge on any atom is 0.307 e. The summed E-state index contributed by atoms with van der Waals surface area (Å²) in [5, 5.41) is 9.15. The van der Waals surface area contributed by atoms with Crippen LogP contribution in [-0.2, 0) is 11.2 Å². The van der Waals surface area contributed by atoms with Crippen molar-refractivity contribution in [3.05, 3.63) is 62.6 Å². The van der Waals surface area contributed by atoms with Crippen molar-refractivity contribution in [1.29, 1.82) is 0 Å². The van der Waals surface area contributed by atoms with E-state index in [-0.39, 0.29) is 33.3 Å². The first kappa shape index (κ1) is 16.5. The molecule has 0 aromatic heterocycles. The van der Waals surface area contributed by atoms with E-state index in [0.29, 0.717) is 11.1 Å². The van der Waals surface area contributed by atoms with Crippen molar-refractivity contribution in [3.8, 4) is 0 Å². The van der Waals surface area contributed by atoms with Crippen LogP contribution in [-0.4, -0.2) is 22.9 Å². The maximum absolute atomic E-state index is 12.7. The van der Waals surface area contributed by atoms with Crippen molar-refractivity contribution in [3.63, 3.8) is 0 Å². The van der Waals surface area contributed by atoms with Gasteiger partial charge >= 0.3 is 5.97 Å². The van der Waals surface area contributed by atoms with Crippen LogP contribution >= 0.6 is 23.2 Å². The number of nitrogens with zero attached hydrogens (tertiary/aromatic N) is 1. The van der Waals surface area contributed by atoms with E-state index < -0.39 is 17.8 Å². The van der Waals surface area contributed by atoms with Crippen molar-refractivity contribution in [2.24, 2.45) is 0 Å². The van der Waals surface area contributed by atoms with E-state index in [0.717, 1.165) is 4.90 Å². The third kappa shape index (κ3) is 2.56. The second-order valence-corrected chi connectivity index (χ2v) is 6.23. The second kappa shape index (κ2) is 5.92. The first-order chi connectivity index (χ1) is 11.3. The van der Waals surface area contributed by atoms with Crippen LogP contribution in [0.1, 0.15) is 31.8 Å². The quantitative estimate of drug-likeness (QED) is 0.843. The molecular formula is C17H11Cl2NO4. The van der Waals surface area contributed by atoms with Gasteiger partial charge in [-0.15, -0.1) is 0 Å². The zero-order chi connectivity index (χ0) is 17.6. The number of carboxylic acid groups (broad SMARTS) is 1. The fourth-order valence-electron chi connectivity index (χ4n) is 2.72. The Morgan fingerprint density at radius 1 is 1.04 bits per heavy atom. The molecule has 0 spiro atoms. The van der Waals surface area contributed by atoms with Gasteiger partial charge in [0.2, 0.25) is 0 Å². The molecule has 0 bridgehead atoms. The summed E-state index contributed by atoms with van der Waals surface area (Å²) in [6.45, 7) is 1.72. The van der Waals surface area contributed by atoms with E-state index in [2.05, 4.69) is 0 Å². The molecule has 0 aliphatic carbocycles. The molecule has 0 atom stereocenters. The van der Waals surface area contributed by atoms with Crippen molar-refractivity contribution < 1.29 is 19.5 Å². The topological polar surface area (TPSA) is 74.7 Å². The summed E-state index contributed by atoms with van der Waals surface area (Å²) >= 11 is 12.3. The number of halogens is 2. The molecule has 5 nitrogen and oxygen atoms in total. The molecule has 0 saturated carbocycles. The van der Waals surface area contributed by atoms with Crippen molar-refractivity contribution in [2.45, 2.75) is 13.3 Å². The number of carbonyl (C=O) groups excluding carboxylic acids is 2. The van der Waals surface area contributed by atoms with E-state index >= 15 is 0 Å². The summed E-state index contributed by atoms with van der Waals surface area (Å²) < 4.78 is 0. The number of benzene rings is 2. The van der Waals surface area contributed by atoms with E-state index in [1.54, 1.807) is 19.1 Å². The van der Waals surface area contributed by atoms with Crippen LogP contribution in [0.4, 0.5) is 5.69 Å². The minimum atomic E-state index is -0.998. The smallest absolute Gasteiger partial charge is 0.307 e. The molecule has 1 aliphatic heterocycles. The number of aliphatic carboxylic acids is 1. The molecule has 1 heterocycles. The molecule has 122 valence electrons. The number of anilines is 1. The lowest BCUT2D eigenvalue weighted by molar-refractivity contribution is -0.136. The van der Waals surface area contributed by atoms with Crippen LogP contribution in [0.2, 0.25) is 10.0 Å². The summed E-state index contributed by atoms with van der Waals surface area (Å²) in [4.78, 5) is 37.1. The number of hydrogen-bond donors (Lipinski definition) is 1. The van der Waals surface area contributed by atoms with Gasteiger partial charge in [0.15, 0.2) is 0 Å². The van der Waals surface area contributed by atoms with Gasteiger partial charge in [0, 0.05) is 0 Å². The lowest BCUT2D eigenvalue weighted by Gasteiger charge is -2.16. The number of carboxylic acids is 1. The molecule has 2 aromatic carbocycles. The Balaban J connectivity index is 2.08. The van der Waals surface area contributed by atoms with Gasteiger partial charge in [-0.3, -0.25) is 14.4 Å². The van der Waals surface area contributed by atoms with Crippen molar-refractivity contribution in [1.82, 2.24) is 0 Å². The first-order valence-corrected chi connectivity index (χ1v) is 7.75. The molecule has 24 heavy (non-hydrogen) atoms. The van der Waals surface area contributed by atoms with Gasteiger partial charge in [-0.2, -0.15) is 0 Å². The average Bonchev–Trinajstić information content (AvgIpc) is 2.76. The maximum atomic E-state index is 12.7. The number of hydrogen-bond acceptors (Lipinski definition) is 3. The zero-order valence-corrected chi connectivity index (χ0v) is 14.0. The number of amides is 2. The monoisotopic (exact) mass is 363 g/mol. The normalized spacial score (nSPS) is 13.4. The van der Waals surface area contributed by atoms with Gasteiger partial charge in [-0.05, 0) is 36.2 Å². The number of rotatable bonds is 3. The van der Waals surface area contributed by atoms with Crippen LogP contribution in [0.15, 0.2) is 30.3 Å². The van der Waals surface area contributed by atoms with Gasteiger partial charge < -0.3 is 5.11 Å². The van der Waals surface area contributed by atoms with Crippen molar-refractivity contribution in [2.75, 3.05) is 4.90 Å². The minimum absolute atomic E-state index is 0.122. The van der Waals surface area contributed by atoms with Gasteiger partial charge in [0.1, 0.15) is 0 Å². The average molecular weight is 364 g/mol. The van der Waals surface area contributed by atoms with E-state index in [1.165, 1.54) is 18.2 Å². The predicted molar refractivity (Wildman–Crippen MR) is 90.1 cm³/mol. The highest BCUT2D eigenvalue weighted by molar-refractivity contribution is 6.44. The molecule has 2 aromatic rings.